The molecule has 1 heterocycles. The van der Waals surface area contributed by atoms with Gasteiger partial charge in [0.25, 0.3) is 0 Å². The third-order valence-electron chi connectivity index (χ3n) is 3.17. The quantitative estimate of drug-likeness (QED) is 0.847. The summed E-state index contributed by atoms with van der Waals surface area (Å²) in [4.78, 5) is 24.4. The Kier molecular flexibility index (Phi) is 3.78. The van der Waals surface area contributed by atoms with E-state index >= 15 is 0 Å². The predicted molar refractivity (Wildman–Crippen MR) is 67.6 cm³/mol. The minimum absolute atomic E-state index is 0.0701. The van der Waals surface area contributed by atoms with Crippen LogP contribution < -0.4 is 5.32 Å². The van der Waals surface area contributed by atoms with Crippen LogP contribution >= 0.6 is 0 Å². The molecule has 0 aliphatic heterocycles. The number of aryl methyl sites for hydroxylation is 1. The lowest BCUT2D eigenvalue weighted by atomic mass is 10.2. The molecule has 0 bridgehead atoms. The monoisotopic (exact) mass is 266 g/mol. The first-order valence-corrected chi connectivity index (χ1v) is 6.27. The van der Waals surface area contributed by atoms with Crippen molar-refractivity contribution >= 4 is 12.0 Å². The zero-order valence-corrected chi connectivity index (χ0v) is 11.0. The molecule has 1 aromatic rings. The van der Waals surface area contributed by atoms with Crippen molar-refractivity contribution in [3.8, 4) is 0 Å². The molecule has 1 aliphatic carbocycles. The lowest BCUT2D eigenvalue weighted by Gasteiger charge is -2.20. The van der Waals surface area contributed by atoms with Crippen LogP contribution in [0.3, 0.4) is 0 Å². The van der Waals surface area contributed by atoms with Crippen LogP contribution in [-0.4, -0.2) is 35.1 Å². The Labute approximate surface area is 111 Å². The third-order valence-corrected chi connectivity index (χ3v) is 3.17. The minimum atomic E-state index is -0.974. The zero-order chi connectivity index (χ0) is 14.0. The summed E-state index contributed by atoms with van der Waals surface area (Å²) in [5.74, 6) is 0.553. The number of amides is 2. The number of carbonyl (C=O) groups excluding carboxylic acids is 1. The Hall–Kier alpha value is -1.98. The second-order valence-electron chi connectivity index (χ2n) is 4.97. The van der Waals surface area contributed by atoms with E-state index in [1.807, 2.05) is 13.0 Å². The lowest BCUT2D eigenvalue weighted by molar-refractivity contribution is -0.139. The summed E-state index contributed by atoms with van der Waals surface area (Å²) >= 11 is 0. The number of furan rings is 1. The summed E-state index contributed by atoms with van der Waals surface area (Å²) in [6.45, 7) is 2.15. The zero-order valence-electron chi connectivity index (χ0n) is 11.0. The van der Waals surface area contributed by atoms with Gasteiger partial charge in [-0.05, 0) is 37.8 Å². The van der Waals surface area contributed by atoms with Crippen LogP contribution in [0.1, 0.15) is 24.4 Å². The molecule has 0 saturated heterocycles. The van der Waals surface area contributed by atoms with Crippen LogP contribution in [0.15, 0.2) is 16.5 Å². The maximum absolute atomic E-state index is 11.9. The van der Waals surface area contributed by atoms with Crippen LogP contribution in [0.25, 0.3) is 0 Å². The van der Waals surface area contributed by atoms with Crippen molar-refractivity contribution in [1.29, 1.82) is 0 Å². The number of carboxylic acid groups (broad SMARTS) is 1. The SMILES string of the molecule is Cc1ccc(CN(C)C(=O)NC(C(=O)O)C2CC2)o1. The van der Waals surface area contributed by atoms with Gasteiger partial charge >= 0.3 is 12.0 Å². The molecule has 0 aromatic carbocycles. The summed E-state index contributed by atoms with van der Waals surface area (Å²) in [7, 11) is 1.61. The first-order chi connectivity index (χ1) is 8.97. The summed E-state index contributed by atoms with van der Waals surface area (Å²) in [5, 5.41) is 11.6. The average molecular weight is 266 g/mol. The highest BCUT2D eigenvalue weighted by atomic mass is 16.4. The van der Waals surface area contributed by atoms with Gasteiger partial charge in [-0.25, -0.2) is 9.59 Å². The van der Waals surface area contributed by atoms with Crippen molar-refractivity contribution < 1.29 is 19.1 Å². The number of aliphatic carboxylic acids is 1. The Morgan fingerprint density at radius 3 is 2.68 bits per heavy atom. The van der Waals surface area contributed by atoms with Crippen molar-refractivity contribution in [3.63, 3.8) is 0 Å². The average Bonchev–Trinajstić information content (AvgIpc) is 3.09. The molecule has 0 radical (unpaired) electrons. The summed E-state index contributed by atoms with van der Waals surface area (Å²) < 4.78 is 5.38. The maximum atomic E-state index is 11.9. The topological polar surface area (TPSA) is 82.8 Å². The fourth-order valence-corrected chi connectivity index (χ4v) is 1.93. The van der Waals surface area contributed by atoms with Gasteiger partial charge < -0.3 is 19.7 Å². The Bertz CT molecular complexity index is 479. The summed E-state index contributed by atoms with van der Waals surface area (Å²) in [5.41, 5.74) is 0. The largest absolute Gasteiger partial charge is 0.480 e. The molecule has 104 valence electrons. The van der Waals surface area contributed by atoms with Gasteiger partial charge in [0, 0.05) is 7.05 Å². The highest BCUT2D eigenvalue weighted by Gasteiger charge is 2.37. The molecule has 2 rings (SSSR count). The highest BCUT2D eigenvalue weighted by Crippen LogP contribution is 2.32. The van der Waals surface area contributed by atoms with Gasteiger partial charge in [-0.2, -0.15) is 0 Å². The van der Waals surface area contributed by atoms with Gasteiger partial charge in [0.2, 0.25) is 0 Å². The molecule has 2 amide bonds. The van der Waals surface area contributed by atoms with Crippen LogP contribution in [0.5, 0.6) is 0 Å². The second-order valence-corrected chi connectivity index (χ2v) is 4.97. The molecular weight excluding hydrogens is 248 g/mol. The maximum Gasteiger partial charge on any atom is 0.326 e. The van der Waals surface area contributed by atoms with E-state index in [0.29, 0.717) is 12.3 Å². The molecule has 1 atom stereocenters. The Morgan fingerprint density at radius 1 is 1.53 bits per heavy atom. The number of hydrogen-bond acceptors (Lipinski definition) is 3. The van der Waals surface area contributed by atoms with E-state index in [1.165, 1.54) is 4.90 Å². The van der Waals surface area contributed by atoms with Crippen molar-refractivity contribution in [2.75, 3.05) is 7.05 Å². The fourth-order valence-electron chi connectivity index (χ4n) is 1.93. The molecule has 6 nitrogen and oxygen atoms in total. The summed E-state index contributed by atoms with van der Waals surface area (Å²) in [6, 6.07) is 2.45. The van der Waals surface area contributed by atoms with Crippen molar-refractivity contribution in [1.82, 2.24) is 10.2 Å². The molecule has 19 heavy (non-hydrogen) atoms. The molecule has 1 fully saturated rings. The number of nitrogens with one attached hydrogen (secondary N) is 1. The molecule has 2 N–H and O–H groups in total. The van der Waals surface area contributed by atoms with Gasteiger partial charge in [-0.15, -0.1) is 0 Å². The molecule has 1 aromatic heterocycles. The number of nitrogens with zero attached hydrogens (tertiary/aromatic N) is 1. The number of urea groups is 1. The van der Waals surface area contributed by atoms with Crippen LogP contribution in [0.4, 0.5) is 4.79 Å². The molecule has 1 aliphatic rings. The minimum Gasteiger partial charge on any atom is -0.480 e. The Morgan fingerprint density at radius 2 is 2.21 bits per heavy atom. The smallest absolute Gasteiger partial charge is 0.326 e. The molecule has 0 spiro atoms. The van der Waals surface area contributed by atoms with Crippen molar-refractivity contribution in [2.24, 2.45) is 5.92 Å². The fraction of sp³-hybridized carbons (Fsp3) is 0.538. The molecule has 1 saturated carbocycles. The number of carbonyl (C=O) groups is 2. The van der Waals surface area contributed by atoms with Gasteiger partial charge in [-0.3, -0.25) is 0 Å². The number of hydrogen-bond donors (Lipinski definition) is 2. The molecular formula is C13H18N2O4. The van der Waals surface area contributed by atoms with Gasteiger partial charge in [-0.1, -0.05) is 0 Å². The van der Waals surface area contributed by atoms with E-state index < -0.39 is 18.0 Å². The van der Waals surface area contributed by atoms with E-state index in [9.17, 15) is 9.59 Å². The van der Waals surface area contributed by atoms with Crippen LogP contribution in [0.2, 0.25) is 0 Å². The normalized spacial score (nSPS) is 15.9. The number of carboxylic acids is 1. The van der Waals surface area contributed by atoms with E-state index in [1.54, 1.807) is 13.1 Å². The first kappa shape index (κ1) is 13.5. The molecule has 1 unspecified atom stereocenters. The van der Waals surface area contributed by atoms with E-state index in [-0.39, 0.29) is 5.92 Å². The molecule has 6 heteroatoms. The van der Waals surface area contributed by atoms with Crippen LogP contribution in [-0.2, 0) is 11.3 Å². The van der Waals surface area contributed by atoms with Crippen molar-refractivity contribution in [2.45, 2.75) is 32.4 Å². The van der Waals surface area contributed by atoms with Crippen molar-refractivity contribution in [3.05, 3.63) is 23.7 Å². The second kappa shape index (κ2) is 5.34. The first-order valence-electron chi connectivity index (χ1n) is 6.27. The number of rotatable bonds is 5. The standard InChI is InChI=1S/C13H18N2O4/c1-8-3-6-10(19-8)7-15(2)13(18)14-11(12(16)17)9-4-5-9/h3,6,9,11H,4-5,7H2,1-2H3,(H,14,18)(H,16,17). The summed E-state index contributed by atoms with van der Waals surface area (Å²) in [6.07, 6.45) is 1.72. The van der Waals surface area contributed by atoms with Gasteiger partial charge in [0.15, 0.2) is 0 Å². The predicted octanol–water partition coefficient (Wildman–Crippen LogP) is 1.59. The lowest BCUT2D eigenvalue weighted by Crippen LogP contribution is -2.47. The highest BCUT2D eigenvalue weighted by molar-refractivity contribution is 5.83. The van der Waals surface area contributed by atoms with Crippen LogP contribution in [0, 0.1) is 12.8 Å². The Balaban J connectivity index is 1.89. The third kappa shape index (κ3) is 3.49. The van der Waals surface area contributed by atoms with Gasteiger partial charge in [0.05, 0.1) is 6.54 Å². The van der Waals surface area contributed by atoms with E-state index in [0.717, 1.165) is 18.6 Å². The van der Waals surface area contributed by atoms with Gasteiger partial charge in [0.1, 0.15) is 17.6 Å². The van der Waals surface area contributed by atoms with E-state index in [2.05, 4.69) is 5.32 Å². The van der Waals surface area contributed by atoms with E-state index in [4.69, 9.17) is 9.52 Å².